The lowest BCUT2D eigenvalue weighted by atomic mass is 10.0. The molecular weight excluding hydrogens is 276 g/mol. The van der Waals surface area contributed by atoms with Crippen LogP contribution in [0, 0.1) is 5.92 Å². The number of hydrogen-bond acceptors (Lipinski definition) is 3. The van der Waals surface area contributed by atoms with Gasteiger partial charge in [0.2, 0.25) is 5.91 Å². The van der Waals surface area contributed by atoms with Gasteiger partial charge >= 0.3 is 0 Å². The molecule has 0 radical (unpaired) electrons. The van der Waals surface area contributed by atoms with Crippen LogP contribution in [0.2, 0.25) is 0 Å². The van der Waals surface area contributed by atoms with Gasteiger partial charge in [0, 0.05) is 12.6 Å². The standard InChI is InChI=1S/C15H22N2O2.ClH/c1-11(12(2)16)15(18)17-8-9-19-14(10-17)13-6-4-3-5-7-13;/h3-7,11-12,14H,8-10,16H2,1-2H3;1H. The highest BCUT2D eigenvalue weighted by Crippen LogP contribution is 2.23. The van der Waals surface area contributed by atoms with Gasteiger partial charge in [0.25, 0.3) is 0 Å². The molecule has 2 rings (SSSR count). The first kappa shape index (κ1) is 17.0. The van der Waals surface area contributed by atoms with Crippen molar-refractivity contribution in [2.45, 2.75) is 26.0 Å². The lowest BCUT2D eigenvalue weighted by molar-refractivity contribution is -0.143. The summed E-state index contributed by atoms with van der Waals surface area (Å²) in [7, 11) is 0. The minimum Gasteiger partial charge on any atom is -0.370 e. The van der Waals surface area contributed by atoms with Gasteiger partial charge in [-0.25, -0.2) is 0 Å². The molecule has 1 heterocycles. The number of halogens is 1. The summed E-state index contributed by atoms with van der Waals surface area (Å²) in [6.45, 7) is 5.60. The number of ether oxygens (including phenoxy) is 1. The molecule has 20 heavy (non-hydrogen) atoms. The number of amides is 1. The molecule has 1 amide bonds. The average molecular weight is 299 g/mol. The number of rotatable bonds is 3. The van der Waals surface area contributed by atoms with Crippen LogP contribution in [0.4, 0.5) is 0 Å². The van der Waals surface area contributed by atoms with Crippen molar-refractivity contribution in [3.8, 4) is 0 Å². The lowest BCUT2D eigenvalue weighted by Crippen LogP contribution is -2.47. The smallest absolute Gasteiger partial charge is 0.227 e. The number of carbonyl (C=O) groups excluding carboxylic acids is 1. The van der Waals surface area contributed by atoms with Gasteiger partial charge in [0.05, 0.1) is 19.1 Å². The molecule has 1 fully saturated rings. The summed E-state index contributed by atoms with van der Waals surface area (Å²) in [5.74, 6) is -0.0197. The fourth-order valence-electron chi connectivity index (χ4n) is 2.23. The van der Waals surface area contributed by atoms with E-state index in [9.17, 15) is 4.79 Å². The molecule has 3 unspecified atom stereocenters. The maximum absolute atomic E-state index is 12.3. The Labute approximate surface area is 126 Å². The SMILES string of the molecule is CC(N)C(C)C(=O)N1CCOC(c2ccccc2)C1.Cl. The first-order valence-electron chi connectivity index (χ1n) is 6.80. The predicted molar refractivity (Wildman–Crippen MR) is 81.8 cm³/mol. The number of nitrogens with zero attached hydrogens (tertiary/aromatic N) is 1. The first-order valence-corrected chi connectivity index (χ1v) is 6.80. The maximum Gasteiger partial charge on any atom is 0.227 e. The molecular formula is C15H23ClN2O2. The van der Waals surface area contributed by atoms with Crippen molar-refractivity contribution < 1.29 is 9.53 Å². The van der Waals surface area contributed by atoms with E-state index in [4.69, 9.17) is 10.5 Å². The molecule has 1 aromatic carbocycles. The molecule has 0 aromatic heterocycles. The molecule has 1 saturated heterocycles. The van der Waals surface area contributed by atoms with E-state index in [1.54, 1.807) is 0 Å². The summed E-state index contributed by atoms with van der Waals surface area (Å²) in [4.78, 5) is 14.2. The minimum atomic E-state index is -0.144. The summed E-state index contributed by atoms with van der Waals surface area (Å²) in [6, 6.07) is 9.91. The average Bonchev–Trinajstić information content (AvgIpc) is 2.46. The molecule has 1 aliphatic rings. The van der Waals surface area contributed by atoms with E-state index in [0.717, 1.165) is 5.56 Å². The van der Waals surface area contributed by atoms with Crippen LogP contribution in [-0.4, -0.2) is 36.5 Å². The Bertz CT molecular complexity index is 425. The van der Waals surface area contributed by atoms with Crippen LogP contribution in [-0.2, 0) is 9.53 Å². The lowest BCUT2D eigenvalue weighted by Gasteiger charge is -2.35. The number of nitrogens with two attached hydrogens (primary N) is 1. The van der Waals surface area contributed by atoms with E-state index in [1.165, 1.54) is 0 Å². The van der Waals surface area contributed by atoms with Crippen LogP contribution in [0.1, 0.15) is 25.5 Å². The topological polar surface area (TPSA) is 55.6 Å². The highest BCUT2D eigenvalue weighted by atomic mass is 35.5. The van der Waals surface area contributed by atoms with Crippen molar-refractivity contribution in [1.82, 2.24) is 4.90 Å². The van der Waals surface area contributed by atoms with Crippen LogP contribution in [0.15, 0.2) is 30.3 Å². The quantitative estimate of drug-likeness (QED) is 0.928. The molecule has 0 aliphatic carbocycles. The van der Waals surface area contributed by atoms with Crippen LogP contribution in [0.25, 0.3) is 0 Å². The Kier molecular flexibility index (Phi) is 6.46. The third-order valence-electron chi connectivity index (χ3n) is 3.73. The molecule has 5 heteroatoms. The molecule has 112 valence electrons. The van der Waals surface area contributed by atoms with Gasteiger partial charge in [0.1, 0.15) is 6.10 Å². The van der Waals surface area contributed by atoms with Gasteiger partial charge in [-0.05, 0) is 12.5 Å². The second kappa shape index (κ2) is 7.62. The molecule has 4 nitrogen and oxygen atoms in total. The van der Waals surface area contributed by atoms with Gasteiger partial charge in [0.15, 0.2) is 0 Å². The van der Waals surface area contributed by atoms with Crippen molar-refractivity contribution in [2.75, 3.05) is 19.7 Å². The van der Waals surface area contributed by atoms with Gasteiger partial charge < -0.3 is 15.4 Å². The second-order valence-electron chi connectivity index (χ2n) is 5.20. The zero-order chi connectivity index (χ0) is 13.8. The Morgan fingerprint density at radius 2 is 2.00 bits per heavy atom. The third kappa shape index (κ3) is 3.95. The molecule has 0 saturated carbocycles. The number of benzene rings is 1. The highest BCUT2D eigenvalue weighted by Gasteiger charge is 2.29. The van der Waals surface area contributed by atoms with Crippen molar-refractivity contribution in [3.05, 3.63) is 35.9 Å². The summed E-state index contributed by atoms with van der Waals surface area (Å²) in [5, 5.41) is 0. The Morgan fingerprint density at radius 1 is 1.35 bits per heavy atom. The molecule has 2 N–H and O–H groups in total. The van der Waals surface area contributed by atoms with Gasteiger partial charge in [-0.3, -0.25) is 4.79 Å². The van der Waals surface area contributed by atoms with Gasteiger partial charge in [-0.15, -0.1) is 12.4 Å². The van der Waals surface area contributed by atoms with Gasteiger partial charge in [-0.1, -0.05) is 37.3 Å². The maximum atomic E-state index is 12.3. The van der Waals surface area contributed by atoms with E-state index >= 15 is 0 Å². The molecule has 0 spiro atoms. The fraction of sp³-hybridized carbons (Fsp3) is 0.533. The molecule has 1 aromatic rings. The summed E-state index contributed by atoms with van der Waals surface area (Å²) < 4.78 is 5.76. The molecule has 0 bridgehead atoms. The van der Waals surface area contributed by atoms with Crippen LogP contribution in [0.5, 0.6) is 0 Å². The van der Waals surface area contributed by atoms with E-state index in [-0.39, 0.29) is 36.4 Å². The van der Waals surface area contributed by atoms with Crippen molar-refractivity contribution in [3.63, 3.8) is 0 Å². The third-order valence-corrected chi connectivity index (χ3v) is 3.73. The van der Waals surface area contributed by atoms with Crippen molar-refractivity contribution in [2.24, 2.45) is 11.7 Å². The van der Waals surface area contributed by atoms with Crippen molar-refractivity contribution >= 4 is 18.3 Å². The first-order chi connectivity index (χ1) is 9.09. The second-order valence-corrected chi connectivity index (χ2v) is 5.20. The summed E-state index contributed by atoms with van der Waals surface area (Å²) >= 11 is 0. The number of hydrogen-bond donors (Lipinski definition) is 1. The normalized spacial score (nSPS) is 21.8. The van der Waals surface area contributed by atoms with E-state index in [0.29, 0.717) is 19.7 Å². The van der Waals surface area contributed by atoms with E-state index < -0.39 is 0 Å². The Balaban J connectivity index is 0.00000200. The summed E-state index contributed by atoms with van der Waals surface area (Å²) in [6.07, 6.45) is -0.0285. The van der Waals surface area contributed by atoms with E-state index in [2.05, 4.69) is 0 Å². The van der Waals surface area contributed by atoms with Crippen LogP contribution >= 0.6 is 12.4 Å². The fourth-order valence-corrected chi connectivity index (χ4v) is 2.23. The molecule has 3 atom stereocenters. The Hall–Kier alpha value is -1.10. The van der Waals surface area contributed by atoms with Crippen molar-refractivity contribution in [1.29, 1.82) is 0 Å². The number of carbonyl (C=O) groups is 1. The summed E-state index contributed by atoms with van der Waals surface area (Å²) in [5.41, 5.74) is 6.93. The number of morpholine rings is 1. The predicted octanol–water partition coefficient (Wildman–Crippen LogP) is 1.99. The highest BCUT2D eigenvalue weighted by molar-refractivity contribution is 5.85. The van der Waals surface area contributed by atoms with Crippen LogP contribution < -0.4 is 5.73 Å². The molecule has 1 aliphatic heterocycles. The minimum absolute atomic E-state index is 0. The zero-order valence-corrected chi connectivity index (χ0v) is 12.8. The Morgan fingerprint density at radius 3 is 2.60 bits per heavy atom. The largest absolute Gasteiger partial charge is 0.370 e. The zero-order valence-electron chi connectivity index (χ0n) is 12.0. The van der Waals surface area contributed by atoms with E-state index in [1.807, 2.05) is 49.1 Å². The van der Waals surface area contributed by atoms with Crippen LogP contribution in [0.3, 0.4) is 0 Å². The monoisotopic (exact) mass is 298 g/mol. The van der Waals surface area contributed by atoms with Gasteiger partial charge in [-0.2, -0.15) is 0 Å².